The van der Waals surface area contributed by atoms with E-state index < -0.39 is 0 Å². The SMILES string of the molecule is COc1ccc(CN2CC(C)N(c3ccc(C(=O)N4CCN(c5nc(C)c(C)cc5C)CC4)cc3)C2=O)cc1. The molecule has 2 saturated heterocycles. The van der Waals surface area contributed by atoms with Gasteiger partial charge in [0.1, 0.15) is 11.6 Å². The Kier molecular flexibility index (Phi) is 7.46. The van der Waals surface area contributed by atoms with Gasteiger partial charge < -0.3 is 19.4 Å². The Bertz CT molecular complexity index is 1350. The van der Waals surface area contributed by atoms with Gasteiger partial charge in [-0.25, -0.2) is 9.78 Å². The number of nitrogens with zero attached hydrogens (tertiary/aromatic N) is 5. The summed E-state index contributed by atoms with van der Waals surface area (Å²) in [7, 11) is 1.64. The number of ether oxygens (including phenoxy) is 1. The van der Waals surface area contributed by atoms with Crippen LogP contribution in [0, 0.1) is 20.8 Å². The normalized spacial score (nSPS) is 17.7. The van der Waals surface area contributed by atoms with Crippen LogP contribution in [0.25, 0.3) is 0 Å². The maximum Gasteiger partial charge on any atom is 0.325 e. The number of benzene rings is 2. The van der Waals surface area contributed by atoms with Gasteiger partial charge in [-0.15, -0.1) is 0 Å². The molecular weight excluding hydrogens is 490 g/mol. The summed E-state index contributed by atoms with van der Waals surface area (Å²) < 4.78 is 5.23. The molecule has 2 fully saturated rings. The number of aromatic nitrogens is 1. The standard InChI is InChI=1S/C31H37N5O3/c1-21-18-22(2)29(32-24(21)4)33-14-16-34(17-15-33)30(37)26-8-10-27(11-9-26)36-23(3)19-35(31(36)38)20-25-6-12-28(39-5)13-7-25/h6-13,18,23H,14-17,19-20H2,1-5H3. The van der Waals surface area contributed by atoms with Crippen molar-refractivity contribution in [2.75, 3.05) is 49.6 Å². The highest BCUT2D eigenvalue weighted by Crippen LogP contribution is 2.27. The quantitative estimate of drug-likeness (QED) is 0.460. The molecule has 39 heavy (non-hydrogen) atoms. The smallest absolute Gasteiger partial charge is 0.325 e. The largest absolute Gasteiger partial charge is 0.497 e. The molecule has 0 saturated carbocycles. The van der Waals surface area contributed by atoms with Crippen molar-refractivity contribution in [2.24, 2.45) is 0 Å². The average Bonchev–Trinajstić information content (AvgIpc) is 3.23. The molecule has 2 aromatic carbocycles. The molecule has 0 radical (unpaired) electrons. The summed E-state index contributed by atoms with van der Waals surface area (Å²) in [5.74, 6) is 1.83. The molecule has 8 heteroatoms. The Morgan fingerprint density at radius 1 is 0.949 bits per heavy atom. The van der Waals surface area contributed by atoms with Crippen LogP contribution in [0.1, 0.15) is 39.7 Å². The first-order valence-electron chi connectivity index (χ1n) is 13.6. The first-order chi connectivity index (χ1) is 18.7. The summed E-state index contributed by atoms with van der Waals surface area (Å²) in [6, 6.07) is 17.4. The Hall–Kier alpha value is -4.07. The van der Waals surface area contributed by atoms with E-state index in [1.165, 1.54) is 11.1 Å². The molecule has 3 aromatic rings. The van der Waals surface area contributed by atoms with Crippen LogP contribution in [0.3, 0.4) is 0 Å². The molecule has 1 atom stereocenters. The maximum absolute atomic E-state index is 13.3. The molecule has 0 aliphatic carbocycles. The lowest BCUT2D eigenvalue weighted by atomic mass is 10.1. The third kappa shape index (κ3) is 5.41. The van der Waals surface area contributed by atoms with Crippen LogP contribution in [0.5, 0.6) is 5.75 Å². The highest BCUT2D eigenvalue weighted by molar-refractivity contribution is 5.97. The van der Waals surface area contributed by atoms with Gasteiger partial charge in [0.15, 0.2) is 0 Å². The summed E-state index contributed by atoms with van der Waals surface area (Å²) in [6.45, 7) is 12.3. The molecule has 5 rings (SSSR count). The number of anilines is 2. The number of hydrogen-bond acceptors (Lipinski definition) is 5. The van der Waals surface area contributed by atoms with E-state index in [1.54, 1.807) is 7.11 Å². The van der Waals surface area contributed by atoms with Gasteiger partial charge in [-0.1, -0.05) is 18.2 Å². The minimum absolute atomic E-state index is 0.0212. The fourth-order valence-electron chi connectivity index (χ4n) is 5.49. The second-order valence-electron chi connectivity index (χ2n) is 10.6. The second-order valence-corrected chi connectivity index (χ2v) is 10.6. The van der Waals surface area contributed by atoms with Gasteiger partial charge in [-0.2, -0.15) is 0 Å². The topological polar surface area (TPSA) is 69.2 Å². The van der Waals surface area contributed by atoms with Crippen molar-refractivity contribution < 1.29 is 14.3 Å². The van der Waals surface area contributed by atoms with E-state index >= 15 is 0 Å². The van der Waals surface area contributed by atoms with Crippen LogP contribution in [0.15, 0.2) is 54.6 Å². The van der Waals surface area contributed by atoms with Crippen LogP contribution in [-0.2, 0) is 6.54 Å². The molecule has 1 aromatic heterocycles. The average molecular weight is 528 g/mol. The fraction of sp³-hybridized carbons (Fsp3) is 0.387. The first-order valence-corrected chi connectivity index (χ1v) is 13.6. The van der Waals surface area contributed by atoms with Crippen molar-refractivity contribution >= 4 is 23.4 Å². The lowest BCUT2D eigenvalue weighted by Crippen LogP contribution is -2.49. The zero-order valence-electron chi connectivity index (χ0n) is 23.5. The molecule has 0 N–H and O–H groups in total. The first kappa shape index (κ1) is 26.5. The van der Waals surface area contributed by atoms with E-state index in [0.29, 0.717) is 31.7 Å². The molecule has 2 aliphatic heterocycles. The molecule has 0 bridgehead atoms. The summed E-state index contributed by atoms with van der Waals surface area (Å²) in [5.41, 5.74) is 5.92. The van der Waals surface area contributed by atoms with Crippen molar-refractivity contribution in [3.63, 3.8) is 0 Å². The summed E-state index contributed by atoms with van der Waals surface area (Å²) >= 11 is 0. The van der Waals surface area contributed by atoms with Gasteiger partial charge >= 0.3 is 6.03 Å². The van der Waals surface area contributed by atoms with Gasteiger partial charge in [0, 0.05) is 56.2 Å². The fourth-order valence-corrected chi connectivity index (χ4v) is 5.49. The Morgan fingerprint density at radius 3 is 2.26 bits per heavy atom. The van der Waals surface area contributed by atoms with Gasteiger partial charge in [0.2, 0.25) is 0 Å². The van der Waals surface area contributed by atoms with E-state index in [0.717, 1.165) is 41.6 Å². The number of urea groups is 1. The summed E-state index contributed by atoms with van der Waals surface area (Å²) in [5, 5.41) is 0. The molecule has 2 aliphatic rings. The van der Waals surface area contributed by atoms with Gasteiger partial charge in [-0.05, 0) is 80.8 Å². The number of carbonyl (C=O) groups is 2. The van der Waals surface area contributed by atoms with Crippen LogP contribution in [-0.4, -0.2) is 72.6 Å². The predicted molar refractivity (Wildman–Crippen MR) is 154 cm³/mol. The highest BCUT2D eigenvalue weighted by atomic mass is 16.5. The zero-order valence-corrected chi connectivity index (χ0v) is 23.5. The molecular formula is C31H37N5O3. The van der Waals surface area contributed by atoms with E-state index in [1.807, 2.05) is 70.2 Å². The number of carbonyl (C=O) groups excluding carboxylic acids is 2. The van der Waals surface area contributed by atoms with E-state index in [9.17, 15) is 9.59 Å². The monoisotopic (exact) mass is 527 g/mol. The van der Waals surface area contributed by atoms with Crippen molar-refractivity contribution in [2.45, 2.75) is 40.3 Å². The number of amides is 3. The number of rotatable bonds is 6. The van der Waals surface area contributed by atoms with Crippen molar-refractivity contribution in [1.29, 1.82) is 0 Å². The van der Waals surface area contributed by atoms with E-state index in [4.69, 9.17) is 9.72 Å². The van der Waals surface area contributed by atoms with Crippen LogP contribution >= 0.6 is 0 Å². The third-order valence-electron chi connectivity index (χ3n) is 7.82. The van der Waals surface area contributed by atoms with Crippen molar-refractivity contribution in [3.05, 3.63) is 82.5 Å². The van der Waals surface area contributed by atoms with E-state index in [2.05, 4.69) is 31.7 Å². The number of aryl methyl sites for hydroxylation is 3. The highest BCUT2D eigenvalue weighted by Gasteiger charge is 2.35. The lowest BCUT2D eigenvalue weighted by molar-refractivity contribution is 0.0746. The van der Waals surface area contributed by atoms with Gasteiger partial charge in [-0.3, -0.25) is 9.69 Å². The molecule has 3 heterocycles. The predicted octanol–water partition coefficient (Wildman–Crippen LogP) is 4.81. The Morgan fingerprint density at radius 2 is 1.62 bits per heavy atom. The minimum Gasteiger partial charge on any atom is -0.497 e. The van der Waals surface area contributed by atoms with E-state index in [-0.39, 0.29) is 18.0 Å². The number of piperazine rings is 1. The second kappa shape index (κ2) is 11.0. The number of methoxy groups -OCH3 is 1. The molecule has 1 unspecified atom stereocenters. The summed E-state index contributed by atoms with van der Waals surface area (Å²) in [6.07, 6.45) is 0. The molecule has 0 spiro atoms. The minimum atomic E-state index is -0.0243. The van der Waals surface area contributed by atoms with Crippen LogP contribution in [0.2, 0.25) is 0 Å². The summed E-state index contributed by atoms with van der Waals surface area (Å²) in [4.78, 5) is 39.2. The van der Waals surface area contributed by atoms with Crippen molar-refractivity contribution in [1.82, 2.24) is 14.8 Å². The lowest BCUT2D eigenvalue weighted by Gasteiger charge is -2.36. The molecule has 204 valence electrons. The Labute approximate surface area is 230 Å². The number of hydrogen-bond donors (Lipinski definition) is 0. The van der Waals surface area contributed by atoms with Gasteiger partial charge in [0.25, 0.3) is 5.91 Å². The van der Waals surface area contributed by atoms with Gasteiger partial charge in [0.05, 0.1) is 13.2 Å². The zero-order chi connectivity index (χ0) is 27.7. The maximum atomic E-state index is 13.3. The Balaban J connectivity index is 1.20. The van der Waals surface area contributed by atoms with Crippen LogP contribution in [0.4, 0.5) is 16.3 Å². The number of pyridine rings is 1. The third-order valence-corrected chi connectivity index (χ3v) is 7.82. The van der Waals surface area contributed by atoms with Crippen molar-refractivity contribution in [3.8, 4) is 5.75 Å². The molecule has 3 amide bonds. The molecule has 8 nitrogen and oxygen atoms in total. The van der Waals surface area contributed by atoms with Crippen LogP contribution < -0.4 is 14.5 Å².